The van der Waals surface area contributed by atoms with Crippen molar-refractivity contribution in [2.24, 2.45) is 5.92 Å². The van der Waals surface area contributed by atoms with E-state index in [1.54, 1.807) is 0 Å². The fourth-order valence-corrected chi connectivity index (χ4v) is 2.53. The van der Waals surface area contributed by atoms with Gasteiger partial charge < -0.3 is 5.32 Å². The zero-order valence-corrected chi connectivity index (χ0v) is 11.3. The lowest BCUT2D eigenvalue weighted by molar-refractivity contribution is 0.438. The van der Waals surface area contributed by atoms with Crippen LogP contribution in [0.1, 0.15) is 29.5 Å². The van der Waals surface area contributed by atoms with Crippen molar-refractivity contribution in [3.63, 3.8) is 0 Å². The molecule has 0 radical (unpaired) electrons. The normalized spacial score (nSPS) is 17.8. The first-order valence-electron chi connectivity index (χ1n) is 6.33. The molecule has 1 N–H and O–H groups in total. The van der Waals surface area contributed by atoms with Crippen LogP contribution in [0.3, 0.4) is 0 Å². The highest BCUT2D eigenvalue weighted by Gasteiger charge is 2.10. The van der Waals surface area contributed by atoms with Gasteiger partial charge in [0.05, 0.1) is 0 Å². The summed E-state index contributed by atoms with van der Waals surface area (Å²) in [6.07, 6.45) is 7.10. The largest absolute Gasteiger partial charge is 0.317 e. The van der Waals surface area contributed by atoms with Crippen LogP contribution in [-0.2, 0) is 0 Å². The van der Waals surface area contributed by atoms with Crippen molar-refractivity contribution in [2.45, 2.75) is 26.7 Å². The predicted octanol–water partition coefficient (Wildman–Crippen LogP) is 3.97. The summed E-state index contributed by atoms with van der Waals surface area (Å²) in [6.45, 7) is 6.52. The first-order valence-corrected chi connectivity index (χ1v) is 6.71. The van der Waals surface area contributed by atoms with Crippen molar-refractivity contribution in [1.29, 1.82) is 0 Å². The van der Waals surface area contributed by atoms with Gasteiger partial charge in [-0.3, -0.25) is 0 Å². The number of aryl methyl sites for hydroxylation is 1. The van der Waals surface area contributed by atoms with Crippen LogP contribution in [0.4, 0.5) is 0 Å². The van der Waals surface area contributed by atoms with Crippen LogP contribution >= 0.6 is 11.6 Å². The van der Waals surface area contributed by atoms with Gasteiger partial charge in [0, 0.05) is 5.02 Å². The standard InChI is InChI=1S/C15H20ClN/c1-11-3-6-15(16)12(2)14(11)5-4-13-7-9-17-10-8-13/h3-6,13,17H,7-10H2,1-2H3. The maximum Gasteiger partial charge on any atom is 0.0441 e. The SMILES string of the molecule is Cc1ccc(Cl)c(C)c1C=CC1CCNCC1. The number of allylic oxidation sites excluding steroid dienone is 1. The van der Waals surface area contributed by atoms with Crippen LogP contribution < -0.4 is 5.32 Å². The van der Waals surface area contributed by atoms with E-state index in [4.69, 9.17) is 11.6 Å². The summed E-state index contributed by atoms with van der Waals surface area (Å²) in [5.41, 5.74) is 3.78. The molecule has 0 saturated carbocycles. The molecule has 0 unspecified atom stereocenters. The number of piperidine rings is 1. The maximum absolute atomic E-state index is 6.16. The summed E-state index contributed by atoms with van der Waals surface area (Å²) >= 11 is 6.16. The molecule has 1 aliphatic rings. The summed E-state index contributed by atoms with van der Waals surface area (Å²) in [5.74, 6) is 0.717. The Balaban J connectivity index is 2.17. The van der Waals surface area contributed by atoms with E-state index in [-0.39, 0.29) is 0 Å². The van der Waals surface area contributed by atoms with Crippen molar-refractivity contribution < 1.29 is 0 Å². The van der Waals surface area contributed by atoms with Crippen LogP contribution in [0.2, 0.25) is 5.02 Å². The molecule has 0 bridgehead atoms. The molecule has 17 heavy (non-hydrogen) atoms. The number of rotatable bonds is 2. The number of halogens is 1. The van der Waals surface area contributed by atoms with E-state index in [0.717, 1.165) is 18.1 Å². The lowest BCUT2D eigenvalue weighted by Crippen LogP contribution is -2.26. The summed E-state index contributed by atoms with van der Waals surface area (Å²) < 4.78 is 0. The fourth-order valence-electron chi connectivity index (χ4n) is 2.36. The number of hydrogen-bond donors (Lipinski definition) is 1. The first kappa shape index (κ1) is 12.7. The Bertz CT molecular complexity index is 417. The average molecular weight is 250 g/mol. The Hall–Kier alpha value is -0.790. The summed E-state index contributed by atoms with van der Waals surface area (Å²) in [7, 11) is 0. The van der Waals surface area contributed by atoms with E-state index in [1.165, 1.54) is 29.5 Å². The molecule has 0 spiro atoms. The molecule has 1 aromatic rings. The Morgan fingerprint density at radius 1 is 1.24 bits per heavy atom. The lowest BCUT2D eigenvalue weighted by Gasteiger charge is -2.19. The third-order valence-electron chi connectivity index (χ3n) is 3.59. The van der Waals surface area contributed by atoms with Crippen molar-refractivity contribution in [1.82, 2.24) is 5.32 Å². The lowest BCUT2D eigenvalue weighted by atomic mass is 9.95. The molecule has 0 amide bonds. The smallest absolute Gasteiger partial charge is 0.0441 e. The summed E-state index contributed by atoms with van der Waals surface area (Å²) in [6, 6.07) is 4.07. The highest BCUT2D eigenvalue weighted by Crippen LogP contribution is 2.24. The molecule has 1 saturated heterocycles. The summed E-state index contributed by atoms with van der Waals surface area (Å²) in [5, 5.41) is 4.25. The van der Waals surface area contributed by atoms with Gasteiger partial charge in [-0.1, -0.05) is 29.8 Å². The van der Waals surface area contributed by atoms with Gasteiger partial charge in [-0.15, -0.1) is 0 Å². The molecular formula is C15H20ClN. The third kappa shape index (κ3) is 3.11. The van der Waals surface area contributed by atoms with Gasteiger partial charge in [0.15, 0.2) is 0 Å². The zero-order valence-electron chi connectivity index (χ0n) is 10.6. The minimum Gasteiger partial charge on any atom is -0.317 e. The summed E-state index contributed by atoms with van der Waals surface area (Å²) in [4.78, 5) is 0. The van der Waals surface area contributed by atoms with E-state index in [0.29, 0.717) is 5.92 Å². The Kier molecular flexibility index (Phi) is 4.25. The molecule has 0 atom stereocenters. The molecule has 92 valence electrons. The molecule has 2 rings (SSSR count). The number of hydrogen-bond acceptors (Lipinski definition) is 1. The van der Waals surface area contributed by atoms with Crippen molar-refractivity contribution in [3.05, 3.63) is 39.9 Å². The molecular weight excluding hydrogens is 230 g/mol. The molecule has 1 aliphatic heterocycles. The highest BCUT2D eigenvalue weighted by molar-refractivity contribution is 6.31. The third-order valence-corrected chi connectivity index (χ3v) is 4.00. The second kappa shape index (κ2) is 5.70. The first-order chi connectivity index (χ1) is 8.18. The van der Waals surface area contributed by atoms with Gasteiger partial charge in [-0.25, -0.2) is 0 Å². The number of benzene rings is 1. The number of nitrogens with one attached hydrogen (secondary N) is 1. The van der Waals surface area contributed by atoms with Crippen molar-refractivity contribution in [2.75, 3.05) is 13.1 Å². The zero-order chi connectivity index (χ0) is 12.3. The van der Waals surface area contributed by atoms with Crippen molar-refractivity contribution >= 4 is 17.7 Å². The van der Waals surface area contributed by atoms with Gasteiger partial charge in [-0.2, -0.15) is 0 Å². The van der Waals surface area contributed by atoms with Crippen LogP contribution in [0.25, 0.3) is 6.08 Å². The van der Waals surface area contributed by atoms with E-state index in [9.17, 15) is 0 Å². The average Bonchev–Trinajstić information content (AvgIpc) is 2.35. The quantitative estimate of drug-likeness (QED) is 0.836. The molecule has 1 fully saturated rings. The second-order valence-corrected chi connectivity index (χ2v) is 5.26. The topological polar surface area (TPSA) is 12.0 Å². The molecule has 1 heterocycles. The molecule has 0 aromatic heterocycles. The van der Waals surface area contributed by atoms with Gasteiger partial charge in [0.1, 0.15) is 0 Å². The van der Waals surface area contributed by atoms with E-state index >= 15 is 0 Å². The van der Waals surface area contributed by atoms with Gasteiger partial charge in [0.2, 0.25) is 0 Å². The minimum absolute atomic E-state index is 0.717. The molecule has 0 aliphatic carbocycles. The van der Waals surface area contributed by atoms with Crippen LogP contribution in [0.5, 0.6) is 0 Å². The van der Waals surface area contributed by atoms with Crippen LogP contribution in [0.15, 0.2) is 18.2 Å². The second-order valence-electron chi connectivity index (χ2n) is 4.85. The molecule has 2 heteroatoms. The predicted molar refractivity (Wildman–Crippen MR) is 75.6 cm³/mol. The van der Waals surface area contributed by atoms with Gasteiger partial charge in [-0.05, 0) is 68.5 Å². The minimum atomic E-state index is 0.717. The van der Waals surface area contributed by atoms with Crippen LogP contribution in [0, 0.1) is 19.8 Å². The van der Waals surface area contributed by atoms with Gasteiger partial charge >= 0.3 is 0 Å². The van der Waals surface area contributed by atoms with E-state index in [2.05, 4.69) is 37.4 Å². The monoisotopic (exact) mass is 249 g/mol. The van der Waals surface area contributed by atoms with E-state index < -0.39 is 0 Å². The Morgan fingerprint density at radius 3 is 2.65 bits per heavy atom. The van der Waals surface area contributed by atoms with E-state index in [1.807, 2.05) is 6.07 Å². The molecule has 1 nitrogen and oxygen atoms in total. The fraction of sp³-hybridized carbons (Fsp3) is 0.467. The van der Waals surface area contributed by atoms with Gasteiger partial charge in [0.25, 0.3) is 0 Å². The highest BCUT2D eigenvalue weighted by atomic mass is 35.5. The molecule has 1 aromatic carbocycles. The Morgan fingerprint density at radius 2 is 1.94 bits per heavy atom. The Labute approximate surface area is 109 Å². The van der Waals surface area contributed by atoms with Crippen molar-refractivity contribution in [3.8, 4) is 0 Å². The van der Waals surface area contributed by atoms with Crippen LogP contribution in [-0.4, -0.2) is 13.1 Å². The maximum atomic E-state index is 6.16.